The van der Waals surface area contributed by atoms with Crippen LogP contribution in [0.4, 0.5) is 11.5 Å². The molecule has 2 unspecified atom stereocenters. The van der Waals surface area contributed by atoms with Crippen LogP contribution in [0.5, 0.6) is 0 Å². The largest absolute Gasteiger partial charge is 0.353 e. The van der Waals surface area contributed by atoms with Gasteiger partial charge in [-0.25, -0.2) is 4.98 Å². The number of nitrogens with zero attached hydrogens (tertiary/aromatic N) is 4. The third-order valence-electron chi connectivity index (χ3n) is 5.29. The fourth-order valence-electron chi connectivity index (χ4n) is 3.95. The molecule has 2 fully saturated rings. The summed E-state index contributed by atoms with van der Waals surface area (Å²) in [6, 6.07) is 10.2. The molecule has 0 spiro atoms. The molecule has 0 amide bonds. The molecule has 3 heterocycles. The van der Waals surface area contributed by atoms with Crippen molar-refractivity contribution < 1.29 is 4.92 Å². The molecule has 1 aromatic heterocycles. The molecular weight excluding hydrogens is 292 g/mol. The van der Waals surface area contributed by atoms with E-state index < -0.39 is 0 Å². The van der Waals surface area contributed by atoms with Crippen molar-refractivity contribution in [2.24, 2.45) is 0 Å². The van der Waals surface area contributed by atoms with Gasteiger partial charge >= 0.3 is 0 Å². The Hall–Kier alpha value is -2.21. The number of rotatable bonds is 2. The lowest BCUT2D eigenvalue weighted by Crippen LogP contribution is -2.59. The molecule has 2 saturated heterocycles. The SMILES string of the molecule is CN1C2CCCC1CN(c1ccc3cccc([N+](=O)[O-])c3n1)C2. The van der Waals surface area contributed by atoms with Gasteiger partial charge in [-0.2, -0.15) is 0 Å². The fourth-order valence-corrected chi connectivity index (χ4v) is 3.95. The van der Waals surface area contributed by atoms with Crippen molar-refractivity contribution in [3.63, 3.8) is 0 Å². The van der Waals surface area contributed by atoms with E-state index in [0.29, 0.717) is 17.6 Å². The maximum absolute atomic E-state index is 11.3. The summed E-state index contributed by atoms with van der Waals surface area (Å²) in [6.07, 6.45) is 3.73. The lowest BCUT2D eigenvalue weighted by molar-refractivity contribution is -0.383. The third kappa shape index (κ3) is 2.43. The Balaban J connectivity index is 1.72. The van der Waals surface area contributed by atoms with Crippen molar-refractivity contribution in [1.82, 2.24) is 9.88 Å². The van der Waals surface area contributed by atoms with E-state index in [1.165, 1.54) is 25.3 Å². The number of pyridine rings is 1. The van der Waals surface area contributed by atoms with Gasteiger partial charge in [-0.1, -0.05) is 18.6 Å². The van der Waals surface area contributed by atoms with Gasteiger partial charge in [-0.3, -0.25) is 15.0 Å². The number of likely N-dealkylation sites (N-methyl/N-ethyl adjacent to an activating group) is 1. The second-order valence-electron chi connectivity index (χ2n) is 6.58. The molecule has 0 N–H and O–H groups in total. The average Bonchev–Trinajstić information content (AvgIpc) is 2.53. The molecule has 2 aliphatic rings. The number of nitro groups is 1. The van der Waals surface area contributed by atoms with Crippen molar-refractivity contribution in [2.45, 2.75) is 31.3 Å². The summed E-state index contributed by atoms with van der Waals surface area (Å²) in [5, 5.41) is 12.1. The molecule has 2 atom stereocenters. The van der Waals surface area contributed by atoms with E-state index in [1.807, 2.05) is 18.2 Å². The van der Waals surface area contributed by atoms with E-state index in [0.717, 1.165) is 24.3 Å². The molecule has 6 nitrogen and oxygen atoms in total. The summed E-state index contributed by atoms with van der Waals surface area (Å²) in [5.74, 6) is 0.858. The van der Waals surface area contributed by atoms with Gasteiger partial charge in [0, 0.05) is 36.6 Å². The van der Waals surface area contributed by atoms with Crippen LogP contribution in [0.25, 0.3) is 10.9 Å². The first kappa shape index (κ1) is 14.4. The number of para-hydroxylation sites is 1. The predicted molar refractivity (Wildman–Crippen MR) is 89.8 cm³/mol. The Kier molecular flexibility index (Phi) is 3.41. The minimum absolute atomic E-state index is 0.0821. The number of hydrogen-bond acceptors (Lipinski definition) is 5. The molecule has 23 heavy (non-hydrogen) atoms. The number of fused-ring (bicyclic) bond motifs is 3. The summed E-state index contributed by atoms with van der Waals surface area (Å²) in [4.78, 5) is 20.3. The fraction of sp³-hybridized carbons (Fsp3) is 0.471. The standard InChI is InChI=1S/C17H20N4O2/c1-19-13-5-3-6-14(19)11-20(10-13)16-9-8-12-4-2-7-15(21(22)23)17(12)18-16/h2,4,7-9,13-14H,3,5-6,10-11H2,1H3. The van der Waals surface area contributed by atoms with Gasteiger partial charge in [0.2, 0.25) is 0 Å². The van der Waals surface area contributed by atoms with Gasteiger partial charge in [0.1, 0.15) is 5.82 Å². The van der Waals surface area contributed by atoms with E-state index in [1.54, 1.807) is 6.07 Å². The summed E-state index contributed by atoms with van der Waals surface area (Å²) < 4.78 is 0. The molecule has 0 saturated carbocycles. The van der Waals surface area contributed by atoms with E-state index in [-0.39, 0.29) is 10.6 Å². The van der Waals surface area contributed by atoms with Crippen LogP contribution in [0.2, 0.25) is 0 Å². The van der Waals surface area contributed by atoms with Gasteiger partial charge in [0.25, 0.3) is 5.69 Å². The molecule has 4 rings (SSSR count). The van der Waals surface area contributed by atoms with Gasteiger partial charge in [0.15, 0.2) is 5.52 Å². The zero-order valence-corrected chi connectivity index (χ0v) is 13.2. The van der Waals surface area contributed by atoms with Crippen LogP contribution in [-0.2, 0) is 0 Å². The van der Waals surface area contributed by atoms with Gasteiger partial charge in [-0.05, 0) is 32.0 Å². The highest BCUT2D eigenvalue weighted by Gasteiger charge is 2.35. The van der Waals surface area contributed by atoms with Crippen LogP contribution < -0.4 is 4.90 Å². The smallest absolute Gasteiger partial charge is 0.295 e. The summed E-state index contributed by atoms with van der Waals surface area (Å²) in [6.45, 7) is 1.90. The number of piperazine rings is 1. The number of piperidine rings is 1. The van der Waals surface area contributed by atoms with Crippen molar-refractivity contribution >= 4 is 22.4 Å². The van der Waals surface area contributed by atoms with E-state index in [4.69, 9.17) is 0 Å². The number of anilines is 1. The highest BCUT2D eigenvalue weighted by atomic mass is 16.6. The Morgan fingerprint density at radius 2 is 1.91 bits per heavy atom. The van der Waals surface area contributed by atoms with Gasteiger partial charge in [0.05, 0.1) is 4.92 Å². The number of non-ortho nitro benzene ring substituents is 1. The first-order valence-electron chi connectivity index (χ1n) is 8.14. The number of hydrogen-bond donors (Lipinski definition) is 0. The summed E-state index contributed by atoms with van der Waals surface area (Å²) in [7, 11) is 2.21. The quantitative estimate of drug-likeness (QED) is 0.630. The topological polar surface area (TPSA) is 62.5 Å². The minimum Gasteiger partial charge on any atom is -0.353 e. The first-order chi connectivity index (χ1) is 11.1. The Morgan fingerprint density at radius 1 is 1.17 bits per heavy atom. The van der Waals surface area contributed by atoms with Crippen LogP contribution >= 0.6 is 0 Å². The van der Waals surface area contributed by atoms with Crippen LogP contribution in [-0.4, -0.2) is 47.0 Å². The molecule has 2 aromatic rings. The maximum Gasteiger partial charge on any atom is 0.295 e. The van der Waals surface area contributed by atoms with Crippen LogP contribution in [0.3, 0.4) is 0 Å². The zero-order chi connectivity index (χ0) is 16.0. The molecule has 120 valence electrons. The van der Waals surface area contributed by atoms with E-state index in [9.17, 15) is 10.1 Å². The van der Waals surface area contributed by atoms with Crippen LogP contribution in [0.15, 0.2) is 30.3 Å². The second-order valence-corrected chi connectivity index (χ2v) is 6.58. The highest BCUT2D eigenvalue weighted by molar-refractivity contribution is 5.88. The lowest BCUT2D eigenvalue weighted by Gasteiger charge is -2.48. The average molecular weight is 312 g/mol. The monoisotopic (exact) mass is 312 g/mol. The molecule has 6 heteroatoms. The molecule has 2 bridgehead atoms. The maximum atomic E-state index is 11.3. The highest BCUT2D eigenvalue weighted by Crippen LogP contribution is 2.31. The Morgan fingerprint density at radius 3 is 2.61 bits per heavy atom. The van der Waals surface area contributed by atoms with Gasteiger partial charge < -0.3 is 4.90 Å². The minimum atomic E-state index is -0.349. The van der Waals surface area contributed by atoms with Crippen molar-refractivity contribution in [3.8, 4) is 0 Å². The van der Waals surface area contributed by atoms with Gasteiger partial charge in [-0.15, -0.1) is 0 Å². The molecule has 0 aliphatic carbocycles. The van der Waals surface area contributed by atoms with E-state index in [2.05, 4.69) is 21.8 Å². The Bertz CT molecular complexity index is 749. The first-order valence-corrected chi connectivity index (χ1v) is 8.14. The van der Waals surface area contributed by atoms with Crippen LogP contribution in [0, 0.1) is 10.1 Å². The van der Waals surface area contributed by atoms with E-state index >= 15 is 0 Å². The zero-order valence-electron chi connectivity index (χ0n) is 13.2. The van der Waals surface area contributed by atoms with Crippen molar-refractivity contribution in [3.05, 3.63) is 40.4 Å². The molecule has 0 radical (unpaired) electrons. The number of nitro benzene ring substituents is 1. The third-order valence-corrected chi connectivity index (χ3v) is 5.29. The molecular formula is C17H20N4O2. The second kappa shape index (κ2) is 5.45. The predicted octanol–water partition coefficient (Wildman–Crippen LogP) is 2.82. The summed E-state index contributed by atoms with van der Waals surface area (Å²) in [5.41, 5.74) is 0.567. The normalized spacial score (nSPS) is 24.8. The number of aromatic nitrogens is 1. The van der Waals surface area contributed by atoms with Crippen LogP contribution in [0.1, 0.15) is 19.3 Å². The lowest BCUT2D eigenvalue weighted by atomic mass is 9.92. The molecule has 2 aliphatic heterocycles. The van der Waals surface area contributed by atoms with Crippen molar-refractivity contribution in [2.75, 3.05) is 25.0 Å². The summed E-state index contributed by atoms with van der Waals surface area (Å²) >= 11 is 0. The Labute approximate surface area is 134 Å². The number of benzene rings is 1. The van der Waals surface area contributed by atoms with Crippen molar-refractivity contribution in [1.29, 1.82) is 0 Å². The molecule has 1 aromatic carbocycles.